The normalized spacial score (nSPS) is 15.3. The number of aliphatic carboxylic acids is 1. The Morgan fingerprint density at radius 3 is 2.62 bits per heavy atom. The van der Waals surface area contributed by atoms with E-state index in [0.717, 1.165) is 0 Å². The summed E-state index contributed by atoms with van der Waals surface area (Å²) in [5.74, 6) is -2.09. The molecule has 4 rings (SSSR count). The first kappa shape index (κ1) is 23.5. The molecular formula is C24H25FN4O5. The maximum absolute atomic E-state index is 14.9. The van der Waals surface area contributed by atoms with Gasteiger partial charge in [-0.1, -0.05) is 17.3 Å². The zero-order valence-electron chi connectivity index (χ0n) is 18.6. The predicted octanol–water partition coefficient (Wildman–Crippen LogP) is 2.52. The average molecular weight is 468 g/mol. The number of methoxy groups -OCH3 is 1. The van der Waals surface area contributed by atoms with Gasteiger partial charge in [0.1, 0.15) is 11.5 Å². The van der Waals surface area contributed by atoms with Crippen molar-refractivity contribution in [3.63, 3.8) is 0 Å². The molecule has 1 fully saturated rings. The molecule has 34 heavy (non-hydrogen) atoms. The van der Waals surface area contributed by atoms with E-state index in [0.29, 0.717) is 42.9 Å². The first-order chi connectivity index (χ1) is 16.4. The van der Waals surface area contributed by atoms with Gasteiger partial charge in [-0.15, -0.1) is 5.10 Å². The molecule has 1 aromatic heterocycles. The molecule has 0 spiro atoms. The third kappa shape index (κ3) is 4.82. The van der Waals surface area contributed by atoms with Gasteiger partial charge in [0.15, 0.2) is 6.10 Å². The van der Waals surface area contributed by atoms with Crippen molar-refractivity contribution in [2.75, 3.05) is 20.2 Å². The zero-order chi connectivity index (χ0) is 24.2. The highest BCUT2D eigenvalue weighted by atomic mass is 19.1. The Balaban J connectivity index is 1.46. The quantitative estimate of drug-likeness (QED) is 0.547. The van der Waals surface area contributed by atoms with Crippen molar-refractivity contribution in [3.05, 3.63) is 65.6 Å². The summed E-state index contributed by atoms with van der Waals surface area (Å²) in [6, 6.07) is 11.3. The molecule has 3 aromatic rings. The number of hydrogen-bond donors (Lipinski definition) is 2. The minimum Gasteiger partial charge on any atom is -0.479 e. The van der Waals surface area contributed by atoms with Gasteiger partial charge >= 0.3 is 5.97 Å². The summed E-state index contributed by atoms with van der Waals surface area (Å²) in [6.45, 7) is 0.645. The summed E-state index contributed by atoms with van der Waals surface area (Å²) >= 11 is 0. The van der Waals surface area contributed by atoms with Crippen LogP contribution in [-0.4, -0.2) is 68.3 Å². The summed E-state index contributed by atoms with van der Waals surface area (Å²) in [4.78, 5) is 25.8. The number of aliphatic hydroxyl groups excluding tert-OH is 1. The molecule has 2 N–H and O–H groups in total. The molecule has 10 heteroatoms. The molecule has 0 saturated carbocycles. The SMILES string of the molecule is COC(C(=O)O)C1CCN(C(=O)c2ccc(-c3cn(-c4cccc(CO)c4)nn3)c(F)c2)CC1. The van der Waals surface area contributed by atoms with Crippen molar-refractivity contribution in [1.29, 1.82) is 0 Å². The summed E-state index contributed by atoms with van der Waals surface area (Å²) in [5, 5.41) is 26.6. The highest BCUT2D eigenvalue weighted by molar-refractivity contribution is 5.94. The van der Waals surface area contributed by atoms with E-state index in [2.05, 4.69) is 10.3 Å². The van der Waals surface area contributed by atoms with Crippen molar-refractivity contribution in [2.24, 2.45) is 5.92 Å². The Morgan fingerprint density at radius 2 is 1.97 bits per heavy atom. The fraction of sp³-hybridized carbons (Fsp3) is 0.333. The van der Waals surface area contributed by atoms with Crippen molar-refractivity contribution < 1.29 is 28.9 Å². The van der Waals surface area contributed by atoms with E-state index in [4.69, 9.17) is 4.74 Å². The number of carbonyl (C=O) groups excluding carboxylic acids is 1. The second-order valence-corrected chi connectivity index (χ2v) is 8.20. The van der Waals surface area contributed by atoms with Crippen LogP contribution in [0.25, 0.3) is 16.9 Å². The molecule has 178 valence electrons. The van der Waals surface area contributed by atoms with Gasteiger partial charge in [0.25, 0.3) is 5.91 Å². The van der Waals surface area contributed by atoms with Gasteiger partial charge in [-0.05, 0) is 54.7 Å². The molecule has 1 saturated heterocycles. The second-order valence-electron chi connectivity index (χ2n) is 8.20. The lowest BCUT2D eigenvalue weighted by atomic mass is 9.90. The van der Waals surface area contributed by atoms with Gasteiger partial charge in [-0.2, -0.15) is 0 Å². The van der Waals surface area contributed by atoms with E-state index in [9.17, 15) is 24.2 Å². The van der Waals surface area contributed by atoms with Crippen LogP contribution in [0.2, 0.25) is 0 Å². The summed E-state index contributed by atoms with van der Waals surface area (Å²) in [5.41, 5.74) is 2.13. The van der Waals surface area contributed by atoms with Gasteiger partial charge < -0.3 is 19.8 Å². The van der Waals surface area contributed by atoms with Crippen molar-refractivity contribution in [1.82, 2.24) is 19.9 Å². The van der Waals surface area contributed by atoms with Gasteiger partial charge in [-0.25, -0.2) is 13.9 Å². The maximum Gasteiger partial charge on any atom is 0.333 e. The number of carbonyl (C=O) groups is 2. The van der Waals surface area contributed by atoms with Crippen LogP contribution < -0.4 is 0 Å². The molecule has 2 aromatic carbocycles. The molecule has 0 aliphatic carbocycles. The third-order valence-electron chi connectivity index (χ3n) is 6.10. The number of hydrogen-bond acceptors (Lipinski definition) is 6. The van der Waals surface area contributed by atoms with E-state index in [-0.39, 0.29) is 29.6 Å². The molecule has 0 bridgehead atoms. The number of amides is 1. The maximum atomic E-state index is 14.9. The van der Waals surface area contributed by atoms with Gasteiger partial charge in [0, 0.05) is 31.3 Å². The topological polar surface area (TPSA) is 118 Å². The van der Waals surface area contributed by atoms with Crippen LogP contribution in [0.15, 0.2) is 48.7 Å². The number of halogens is 1. The summed E-state index contributed by atoms with van der Waals surface area (Å²) in [6.07, 6.45) is 1.68. The summed E-state index contributed by atoms with van der Waals surface area (Å²) in [7, 11) is 1.37. The lowest BCUT2D eigenvalue weighted by Gasteiger charge is -2.34. The number of carboxylic acids is 1. The molecule has 2 heterocycles. The number of nitrogens with zero attached hydrogens (tertiary/aromatic N) is 4. The second kappa shape index (κ2) is 10.1. The third-order valence-corrected chi connectivity index (χ3v) is 6.10. The Labute approximate surface area is 195 Å². The predicted molar refractivity (Wildman–Crippen MR) is 120 cm³/mol. The van der Waals surface area contributed by atoms with Crippen LogP contribution in [0.4, 0.5) is 4.39 Å². The Morgan fingerprint density at radius 1 is 1.21 bits per heavy atom. The largest absolute Gasteiger partial charge is 0.479 e. The van der Waals surface area contributed by atoms with E-state index >= 15 is 0 Å². The van der Waals surface area contributed by atoms with Crippen LogP contribution in [0.3, 0.4) is 0 Å². The van der Waals surface area contributed by atoms with Crippen LogP contribution in [0.5, 0.6) is 0 Å². The lowest BCUT2D eigenvalue weighted by molar-refractivity contribution is -0.153. The highest BCUT2D eigenvalue weighted by Crippen LogP contribution is 2.26. The number of carboxylic acid groups (broad SMARTS) is 1. The number of rotatable bonds is 7. The molecule has 9 nitrogen and oxygen atoms in total. The standard InChI is InChI=1S/C24H25FN4O5/c1-34-22(24(32)33)16-7-9-28(10-8-16)23(31)17-5-6-19(20(25)12-17)21-13-29(27-26-21)18-4-2-3-15(11-18)14-30/h2-6,11-13,16,22,30H,7-10,14H2,1H3,(H,32,33). The van der Waals surface area contributed by atoms with Gasteiger partial charge in [0.2, 0.25) is 0 Å². The van der Waals surface area contributed by atoms with E-state index in [1.54, 1.807) is 41.4 Å². The fourth-order valence-corrected chi connectivity index (χ4v) is 4.25. The Kier molecular flexibility index (Phi) is 6.99. The number of ether oxygens (including phenoxy) is 1. The number of piperidine rings is 1. The highest BCUT2D eigenvalue weighted by Gasteiger charge is 2.33. The number of likely N-dealkylation sites (tertiary alicyclic amines) is 1. The molecule has 1 aliphatic rings. The summed E-state index contributed by atoms with van der Waals surface area (Å²) < 4.78 is 21.5. The Hall–Kier alpha value is -3.63. The van der Waals surface area contributed by atoms with Crippen molar-refractivity contribution in [3.8, 4) is 16.9 Å². The minimum absolute atomic E-state index is 0.107. The van der Waals surface area contributed by atoms with Gasteiger partial charge in [-0.3, -0.25) is 4.79 Å². The zero-order valence-corrected chi connectivity index (χ0v) is 18.6. The van der Waals surface area contributed by atoms with Crippen LogP contribution in [0, 0.1) is 11.7 Å². The minimum atomic E-state index is -1.01. The van der Waals surface area contributed by atoms with E-state index < -0.39 is 17.9 Å². The number of aromatic nitrogens is 3. The first-order valence-electron chi connectivity index (χ1n) is 10.9. The number of aliphatic hydroxyl groups is 1. The molecule has 0 radical (unpaired) electrons. The average Bonchev–Trinajstić information content (AvgIpc) is 3.34. The van der Waals surface area contributed by atoms with Crippen LogP contribution in [-0.2, 0) is 16.1 Å². The first-order valence-corrected chi connectivity index (χ1v) is 10.9. The Bertz CT molecular complexity index is 1190. The molecule has 1 unspecified atom stereocenters. The molecule has 1 atom stereocenters. The van der Waals surface area contributed by atoms with Crippen LogP contribution >= 0.6 is 0 Å². The molecule has 1 amide bonds. The van der Waals surface area contributed by atoms with Crippen molar-refractivity contribution in [2.45, 2.75) is 25.6 Å². The van der Waals surface area contributed by atoms with Crippen molar-refractivity contribution >= 4 is 11.9 Å². The van der Waals surface area contributed by atoms with E-state index in [1.807, 2.05) is 0 Å². The van der Waals surface area contributed by atoms with E-state index in [1.165, 1.54) is 23.9 Å². The smallest absolute Gasteiger partial charge is 0.333 e. The molecular weight excluding hydrogens is 443 g/mol. The number of benzene rings is 2. The fourth-order valence-electron chi connectivity index (χ4n) is 4.25. The van der Waals surface area contributed by atoms with Crippen LogP contribution in [0.1, 0.15) is 28.8 Å². The molecule has 1 aliphatic heterocycles. The van der Waals surface area contributed by atoms with Gasteiger partial charge in [0.05, 0.1) is 18.5 Å². The monoisotopic (exact) mass is 468 g/mol. The lowest BCUT2D eigenvalue weighted by Crippen LogP contribution is -2.43.